The number of piperidine rings is 1. The van der Waals surface area contributed by atoms with Gasteiger partial charge >= 0.3 is 6.03 Å². The number of rotatable bonds is 5. The molecule has 10 nitrogen and oxygen atoms in total. The molecule has 6 rings (SSSR count). The van der Waals surface area contributed by atoms with Crippen molar-refractivity contribution in [1.82, 2.24) is 30.1 Å². The Kier molecular flexibility index (Phi) is 5.28. The van der Waals surface area contributed by atoms with Crippen LogP contribution >= 0.6 is 11.8 Å². The predicted molar refractivity (Wildman–Crippen MR) is 128 cm³/mol. The minimum atomic E-state index is -0.545. The molecular weight excluding hydrogens is 454 g/mol. The summed E-state index contributed by atoms with van der Waals surface area (Å²) in [6.07, 6.45) is 11.5. The average molecular weight is 480 g/mol. The Hall–Kier alpha value is -3.34. The molecule has 3 N–H and O–H groups in total. The van der Waals surface area contributed by atoms with Crippen molar-refractivity contribution in [2.45, 2.75) is 49.8 Å². The van der Waals surface area contributed by atoms with Gasteiger partial charge in [0.05, 0.1) is 22.0 Å². The number of amides is 4. The van der Waals surface area contributed by atoms with Crippen molar-refractivity contribution in [3.8, 4) is 0 Å². The number of allylic oxidation sites excluding steroid dienone is 1. The van der Waals surface area contributed by atoms with Crippen LogP contribution in [0.25, 0.3) is 11.7 Å². The lowest BCUT2D eigenvalue weighted by molar-refractivity contribution is -0.127. The largest absolute Gasteiger partial charge is 0.367 e. The molecule has 4 amide bonds. The zero-order valence-electron chi connectivity index (χ0n) is 18.5. The maximum Gasteiger partial charge on any atom is 0.326 e. The molecule has 0 radical (unpaired) electrons. The standard InChI is InChI=1S/C23H25N7O3S/c31-21-16(27-23(33)28-21)10-13-12-24-30-19(25-14-4-5-14)11-15(26-20(13)30)17-6-7-18(34-17)22(32)29-8-2-1-3-9-29/h7,10-12,14,17,25H,1-6,8-9H2,(H2,27,28,31,33)/b16-10-. The number of imide groups is 1. The lowest BCUT2D eigenvalue weighted by atomic mass is 10.1. The molecule has 1 unspecified atom stereocenters. The van der Waals surface area contributed by atoms with Gasteiger partial charge in [0, 0.05) is 30.8 Å². The summed E-state index contributed by atoms with van der Waals surface area (Å²) in [4.78, 5) is 44.1. The van der Waals surface area contributed by atoms with E-state index in [0.717, 1.165) is 61.6 Å². The third-order valence-electron chi connectivity index (χ3n) is 6.44. The van der Waals surface area contributed by atoms with Gasteiger partial charge in [0.25, 0.3) is 11.8 Å². The quantitative estimate of drug-likeness (QED) is 0.445. The number of carbonyl (C=O) groups is 3. The number of hydrogen-bond donors (Lipinski definition) is 3. The van der Waals surface area contributed by atoms with Crippen molar-refractivity contribution in [3.63, 3.8) is 0 Å². The summed E-state index contributed by atoms with van der Waals surface area (Å²) in [5, 5.41) is 12.7. The summed E-state index contributed by atoms with van der Waals surface area (Å²) in [6.45, 7) is 1.66. The zero-order valence-corrected chi connectivity index (χ0v) is 19.4. The van der Waals surface area contributed by atoms with Gasteiger partial charge in [-0.15, -0.1) is 11.8 Å². The van der Waals surface area contributed by atoms with Gasteiger partial charge in [0.2, 0.25) is 0 Å². The minimum Gasteiger partial charge on any atom is -0.367 e. The Balaban J connectivity index is 1.30. The molecule has 4 aliphatic rings. The number of anilines is 1. The highest BCUT2D eigenvalue weighted by molar-refractivity contribution is 8.04. The second-order valence-electron chi connectivity index (χ2n) is 9.05. The van der Waals surface area contributed by atoms with E-state index in [2.05, 4.69) is 21.0 Å². The SMILES string of the molecule is O=C1NC(=O)/C(=C/c2cnn3c(NC4CC4)cc(C4CC=C(C(=O)N5CCCCC5)S4)nc23)N1. The molecule has 11 heteroatoms. The van der Waals surface area contributed by atoms with E-state index in [1.165, 1.54) is 6.42 Å². The predicted octanol–water partition coefficient (Wildman–Crippen LogP) is 2.56. The second kappa shape index (κ2) is 8.46. The first-order chi connectivity index (χ1) is 16.5. The van der Waals surface area contributed by atoms with Gasteiger partial charge in [-0.25, -0.2) is 9.78 Å². The maximum atomic E-state index is 13.0. The molecule has 2 aromatic rings. The van der Waals surface area contributed by atoms with Gasteiger partial charge in [-0.3, -0.25) is 14.9 Å². The minimum absolute atomic E-state index is 0.0263. The van der Waals surface area contributed by atoms with Crippen molar-refractivity contribution in [3.05, 3.63) is 40.2 Å². The van der Waals surface area contributed by atoms with Crippen LogP contribution in [-0.4, -0.2) is 56.5 Å². The fourth-order valence-electron chi connectivity index (χ4n) is 4.48. The van der Waals surface area contributed by atoms with Crippen molar-refractivity contribution in [2.75, 3.05) is 18.4 Å². The zero-order chi connectivity index (χ0) is 23.2. The molecule has 1 aliphatic carbocycles. The van der Waals surface area contributed by atoms with Crippen LogP contribution in [0, 0.1) is 0 Å². The summed E-state index contributed by atoms with van der Waals surface area (Å²) in [5.74, 6) is 0.485. The van der Waals surface area contributed by atoms with E-state index in [0.29, 0.717) is 17.3 Å². The number of likely N-dealkylation sites (tertiary alicyclic amines) is 1. The van der Waals surface area contributed by atoms with Crippen LogP contribution in [0.1, 0.15) is 55.0 Å². The monoisotopic (exact) mass is 479 g/mol. The topological polar surface area (TPSA) is 121 Å². The molecule has 0 bridgehead atoms. The summed E-state index contributed by atoms with van der Waals surface area (Å²) in [6, 6.07) is 1.88. The number of thioether (sulfide) groups is 1. The highest BCUT2D eigenvalue weighted by Crippen LogP contribution is 2.44. The van der Waals surface area contributed by atoms with Gasteiger partial charge in [-0.1, -0.05) is 6.08 Å². The van der Waals surface area contributed by atoms with Crippen LogP contribution in [-0.2, 0) is 9.59 Å². The van der Waals surface area contributed by atoms with Crippen LogP contribution in [0.4, 0.5) is 10.6 Å². The highest BCUT2D eigenvalue weighted by Gasteiger charge is 2.31. The molecule has 5 heterocycles. The number of aromatic nitrogens is 3. The number of nitrogens with one attached hydrogen (secondary N) is 3. The Morgan fingerprint density at radius 1 is 1.18 bits per heavy atom. The summed E-state index contributed by atoms with van der Waals surface area (Å²) in [5.41, 5.74) is 2.25. The lowest BCUT2D eigenvalue weighted by Crippen LogP contribution is -2.35. The van der Waals surface area contributed by atoms with E-state index >= 15 is 0 Å². The van der Waals surface area contributed by atoms with Crippen molar-refractivity contribution < 1.29 is 14.4 Å². The van der Waals surface area contributed by atoms with E-state index in [9.17, 15) is 14.4 Å². The fraction of sp³-hybridized carbons (Fsp3) is 0.435. The Bertz CT molecular complexity index is 1260. The van der Waals surface area contributed by atoms with E-state index in [1.54, 1.807) is 28.6 Å². The molecule has 2 aromatic heterocycles. The van der Waals surface area contributed by atoms with Crippen molar-refractivity contribution in [1.29, 1.82) is 0 Å². The smallest absolute Gasteiger partial charge is 0.326 e. The molecule has 176 valence electrons. The first-order valence-electron chi connectivity index (χ1n) is 11.7. The highest BCUT2D eigenvalue weighted by atomic mass is 32.2. The first kappa shape index (κ1) is 21.2. The van der Waals surface area contributed by atoms with Crippen LogP contribution in [0.15, 0.2) is 28.9 Å². The molecule has 34 heavy (non-hydrogen) atoms. The maximum absolute atomic E-state index is 13.0. The average Bonchev–Trinajstić information content (AvgIpc) is 3.22. The van der Waals surface area contributed by atoms with Gasteiger partial charge in [0.15, 0.2) is 5.65 Å². The van der Waals surface area contributed by atoms with E-state index in [4.69, 9.17) is 4.98 Å². The Labute approximate surface area is 200 Å². The Morgan fingerprint density at radius 2 is 2.00 bits per heavy atom. The molecule has 0 spiro atoms. The molecular formula is C23H25N7O3S. The van der Waals surface area contributed by atoms with Crippen molar-refractivity contribution >= 4 is 47.1 Å². The van der Waals surface area contributed by atoms with E-state index < -0.39 is 11.9 Å². The summed E-state index contributed by atoms with van der Waals surface area (Å²) >= 11 is 1.57. The number of urea groups is 1. The van der Waals surface area contributed by atoms with Gasteiger partial charge in [-0.05, 0) is 44.6 Å². The number of nitrogens with zero attached hydrogens (tertiary/aromatic N) is 4. The third kappa shape index (κ3) is 4.04. The normalized spacial score (nSPS) is 23.9. The number of carbonyl (C=O) groups excluding carboxylic acids is 3. The van der Waals surface area contributed by atoms with Crippen LogP contribution in [0.5, 0.6) is 0 Å². The summed E-state index contributed by atoms with van der Waals surface area (Å²) < 4.78 is 1.73. The fourth-order valence-corrected chi connectivity index (χ4v) is 5.64. The van der Waals surface area contributed by atoms with Gasteiger partial charge < -0.3 is 15.5 Å². The Morgan fingerprint density at radius 3 is 2.74 bits per heavy atom. The molecule has 3 fully saturated rings. The lowest BCUT2D eigenvalue weighted by Gasteiger charge is -2.27. The molecule has 1 atom stereocenters. The first-order valence-corrected chi connectivity index (χ1v) is 12.6. The van der Waals surface area contributed by atoms with Crippen molar-refractivity contribution in [2.24, 2.45) is 0 Å². The second-order valence-corrected chi connectivity index (χ2v) is 10.3. The van der Waals surface area contributed by atoms with E-state index in [1.807, 2.05) is 17.0 Å². The van der Waals surface area contributed by atoms with E-state index in [-0.39, 0.29) is 16.9 Å². The number of fused-ring (bicyclic) bond motifs is 1. The molecule has 3 aliphatic heterocycles. The van der Waals surface area contributed by atoms with Gasteiger partial charge in [0.1, 0.15) is 11.5 Å². The van der Waals surface area contributed by atoms with Crippen LogP contribution in [0.2, 0.25) is 0 Å². The molecule has 1 saturated carbocycles. The van der Waals surface area contributed by atoms with Crippen LogP contribution < -0.4 is 16.0 Å². The van der Waals surface area contributed by atoms with Gasteiger partial charge in [-0.2, -0.15) is 9.61 Å². The van der Waals surface area contributed by atoms with Crippen LogP contribution in [0.3, 0.4) is 0 Å². The summed E-state index contributed by atoms with van der Waals surface area (Å²) in [7, 11) is 0. The molecule has 2 saturated heterocycles. The third-order valence-corrected chi connectivity index (χ3v) is 7.75. The molecule has 0 aromatic carbocycles. The number of hydrogen-bond acceptors (Lipinski definition) is 7.